The molecule has 0 unspecified atom stereocenters. The van der Waals surface area contributed by atoms with E-state index in [1.807, 2.05) is 26.0 Å². The Labute approximate surface area is 179 Å². The smallest absolute Gasteiger partial charge is 0.244 e. The highest BCUT2D eigenvalue weighted by Gasteiger charge is 2.30. The third kappa shape index (κ3) is 5.44. The van der Waals surface area contributed by atoms with Gasteiger partial charge < -0.3 is 14.8 Å². The van der Waals surface area contributed by atoms with Gasteiger partial charge in [-0.2, -0.15) is 0 Å². The number of carbonyl (C=O) groups is 1. The second-order valence-electron chi connectivity index (χ2n) is 7.09. The van der Waals surface area contributed by atoms with E-state index in [0.717, 1.165) is 28.1 Å². The number of benzene rings is 2. The fourth-order valence-corrected chi connectivity index (χ4v) is 4.45. The normalized spacial score (nSPS) is 13.3. The maximum atomic E-state index is 13.0. The number of hydrogen-bond acceptors (Lipinski definition) is 5. The fourth-order valence-electron chi connectivity index (χ4n) is 3.28. The van der Waals surface area contributed by atoms with Crippen molar-refractivity contribution in [3.05, 3.63) is 53.6 Å². The molecule has 0 heterocycles. The summed E-state index contributed by atoms with van der Waals surface area (Å²) in [4.78, 5) is 13.0. The average molecular weight is 435 g/mol. The molecule has 2 atom stereocenters. The van der Waals surface area contributed by atoms with Gasteiger partial charge >= 0.3 is 0 Å². The molecule has 0 aliphatic heterocycles. The van der Waals surface area contributed by atoms with Crippen LogP contribution in [0.1, 0.15) is 37.9 Å². The monoisotopic (exact) mass is 434 g/mol. The van der Waals surface area contributed by atoms with Crippen LogP contribution < -0.4 is 19.1 Å². The van der Waals surface area contributed by atoms with Gasteiger partial charge in [-0.15, -0.1) is 0 Å². The van der Waals surface area contributed by atoms with E-state index in [1.54, 1.807) is 51.5 Å². The van der Waals surface area contributed by atoms with Crippen LogP contribution in [-0.2, 0) is 21.2 Å². The lowest BCUT2D eigenvalue weighted by Gasteiger charge is -2.29. The van der Waals surface area contributed by atoms with Gasteiger partial charge in [0.25, 0.3) is 0 Å². The summed E-state index contributed by atoms with van der Waals surface area (Å²) in [5.41, 5.74) is 2.27. The van der Waals surface area contributed by atoms with Gasteiger partial charge in [-0.3, -0.25) is 9.10 Å². The van der Waals surface area contributed by atoms with Crippen LogP contribution in [0.25, 0.3) is 0 Å². The minimum Gasteiger partial charge on any atom is -0.497 e. The number of nitrogens with one attached hydrogen (secondary N) is 1. The molecule has 1 amide bonds. The van der Waals surface area contributed by atoms with Crippen LogP contribution in [-0.4, -0.2) is 40.8 Å². The summed E-state index contributed by atoms with van der Waals surface area (Å²) in [7, 11) is -0.568. The number of anilines is 1. The fraction of sp³-hybridized carbons (Fsp3) is 0.409. The van der Waals surface area contributed by atoms with Crippen molar-refractivity contribution < 1.29 is 22.7 Å². The third-order valence-corrected chi connectivity index (χ3v) is 6.19. The Morgan fingerprint density at radius 3 is 2.20 bits per heavy atom. The largest absolute Gasteiger partial charge is 0.497 e. The molecule has 2 rings (SSSR count). The van der Waals surface area contributed by atoms with Crippen LogP contribution in [0, 0.1) is 0 Å². The molecule has 2 aromatic carbocycles. The van der Waals surface area contributed by atoms with Crippen LogP contribution in [0.3, 0.4) is 0 Å². The minimum atomic E-state index is -3.68. The summed E-state index contributed by atoms with van der Waals surface area (Å²) in [5, 5.41) is 2.89. The first kappa shape index (κ1) is 23.5. The topological polar surface area (TPSA) is 84.9 Å². The number of sulfonamides is 1. The number of ether oxygens (including phenoxy) is 2. The van der Waals surface area contributed by atoms with Gasteiger partial charge in [0, 0.05) is 5.56 Å². The number of rotatable bonds is 9. The number of carbonyl (C=O) groups excluding carboxylic acids is 1. The van der Waals surface area contributed by atoms with E-state index in [-0.39, 0.29) is 0 Å². The van der Waals surface area contributed by atoms with Crippen LogP contribution in [0.5, 0.6) is 11.5 Å². The summed E-state index contributed by atoms with van der Waals surface area (Å²) in [6.07, 6.45) is 1.94. The highest BCUT2D eigenvalue weighted by atomic mass is 32.2. The maximum absolute atomic E-state index is 13.0. The van der Waals surface area contributed by atoms with Gasteiger partial charge in [-0.1, -0.05) is 19.1 Å². The molecule has 0 aliphatic rings. The number of hydrogen-bond donors (Lipinski definition) is 1. The molecule has 1 N–H and O–H groups in total. The van der Waals surface area contributed by atoms with E-state index in [2.05, 4.69) is 5.32 Å². The zero-order valence-electron chi connectivity index (χ0n) is 18.3. The molecule has 2 aromatic rings. The van der Waals surface area contributed by atoms with Gasteiger partial charge in [0.05, 0.1) is 32.2 Å². The first-order valence-electron chi connectivity index (χ1n) is 9.73. The van der Waals surface area contributed by atoms with Crippen molar-refractivity contribution in [3.8, 4) is 11.5 Å². The predicted molar refractivity (Wildman–Crippen MR) is 119 cm³/mol. The second kappa shape index (κ2) is 9.84. The Balaban J connectivity index is 2.29. The minimum absolute atomic E-state index is 0.419. The first-order valence-corrected chi connectivity index (χ1v) is 11.6. The van der Waals surface area contributed by atoms with E-state index in [0.29, 0.717) is 17.2 Å². The van der Waals surface area contributed by atoms with E-state index >= 15 is 0 Å². The highest BCUT2D eigenvalue weighted by Crippen LogP contribution is 2.29. The average Bonchev–Trinajstić information content (AvgIpc) is 2.72. The Morgan fingerprint density at radius 2 is 1.70 bits per heavy atom. The van der Waals surface area contributed by atoms with Crippen LogP contribution in [0.2, 0.25) is 0 Å². The molecule has 0 saturated heterocycles. The van der Waals surface area contributed by atoms with Gasteiger partial charge in [-0.05, 0) is 56.2 Å². The number of nitrogens with zero attached hydrogens (tertiary/aromatic N) is 1. The Kier molecular flexibility index (Phi) is 7.72. The molecule has 0 fully saturated rings. The Hall–Kier alpha value is -2.74. The standard InChI is InChI=1S/C22H30N2O5S/c1-7-17-8-10-18(11-9-17)24(30(6,26)27)16(3)22(25)23-15(2)20-14-19(28-4)12-13-21(20)29-5/h8-16H,7H2,1-6H3,(H,23,25)/t15-,16+/m1/s1. The number of amides is 1. The maximum Gasteiger partial charge on any atom is 0.244 e. The Morgan fingerprint density at radius 1 is 1.07 bits per heavy atom. The summed E-state index contributed by atoms with van der Waals surface area (Å²) >= 11 is 0. The van der Waals surface area contributed by atoms with Crippen molar-refractivity contribution in [2.24, 2.45) is 0 Å². The molecule has 0 saturated carbocycles. The number of methoxy groups -OCH3 is 2. The first-order chi connectivity index (χ1) is 14.1. The van der Waals surface area contributed by atoms with Crippen LogP contribution >= 0.6 is 0 Å². The molecule has 0 radical (unpaired) electrons. The van der Waals surface area contributed by atoms with Crippen molar-refractivity contribution in [2.45, 2.75) is 39.3 Å². The molecule has 0 aromatic heterocycles. The summed E-state index contributed by atoms with van der Waals surface area (Å²) in [6.45, 7) is 5.40. The lowest BCUT2D eigenvalue weighted by Crippen LogP contribution is -2.48. The zero-order valence-corrected chi connectivity index (χ0v) is 19.1. The van der Waals surface area contributed by atoms with Gasteiger partial charge in [0.1, 0.15) is 17.5 Å². The van der Waals surface area contributed by atoms with Gasteiger partial charge in [-0.25, -0.2) is 8.42 Å². The van der Waals surface area contributed by atoms with Gasteiger partial charge in [0.2, 0.25) is 15.9 Å². The van der Waals surface area contributed by atoms with E-state index in [4.69, 9.17) is 9.47 Å². The zero-order chi connectivity index (χ0) is 22.5. The van der Waals surface area contributed by atoms with E-state index < -0.39 is 28.0 Å². The van der Waals surface area contributed by atoms with E-state index in [9.17, 15) is 13.2 Å². The molecule has 0 spiro atoms. The summed E-state index contributed by atoms with van der Waals surface area (Å²) in [6, 6.07) is 11.1. The van der Waals surface area contributed by atoms with Crippen molar-refractivity contribution in [1.29, 1.82) is 0 Å². The van der Waals surface area contributed by atoms with Crippen LogP contribution in [0.15, 0.2) is 42.5 Å². The van der Waals surface area contributed by atoms with E-state index in [1.165, 1.54) is 0 Å². The molecule has 30 heavy (non-hydrogen) atoms. The molecule has 164 valence electrons. The van der Waals surface area contributed by atoms with Crippen molar-refractivity contribution in [1.82, 2.24) is 5.32 Å². The molecule has 0 aliphatic carbocycles. The quantitative estimate of drug-likeness (QED) is 0.655. The van der Waals surface area contributed by atoms with Gasteiger partial charge in [0.15, 0.2) is 0 Å². The second-order valence-corrected chi connectivity index (χ2v) is 8.95. The third-order valence-electron chi connectivity index (χ3n) is 4.95. The lowest BCUT2D eigenvalue weighted by atomic mass is 10.1. The molecular formula is C22H30N2O5S. The molecule has 7 nitrogen and oxygen atoms in total. The number of aryl methyl sites for hydroxylation is 1. The molecule has 8 heteroatoms. The SMILES string of the molecule is CCc1ccc(N([C@@H](C)C(=O)N[C@H](C)c2cc(OC)ccc2OC)S(C)(=O)=O)cc1. The van der Waals surface area contributed by atoms with Crippen molar-refractivity contribution in [3.63, 3.8) is 0 Å². The summed E-state index contributed by atoms with van der Waals surface area (Å²) in [5.74, 6) is 0.817. The summed E-state index contributed by atoms with van der Waals surface area (Å²) < 4.78 is 36.7. The molecular weight excluding hydrogens is 404 g/mol. The highest BCUT2D eigenvalue weighted by molar-refractivity contribution is 7.92. The Bertz CT molecular complexity index is 974. The predicted octanol–water partition coefficient (Wildman–Crippen LogP) is 3.30. The lowest BCUT2D eigenvalue weighted by molar-refractivity contribution is -0.122. The van der Waals surface area contributed by atoms with Crippen molar-refractivity contribution in [2.75, 3.05) is 24.8 Å². The van der Waals surface area contributed by atoms with Crippen LogP contribution in [0.4, 0.5) is 5.69 Å². The van der Waals surface area contributed by atoms with Crippen molar-refractivity contribution >= 4 is 21.6 Å². The molecule has 0 bridgehead atoms.